The first-order chi connectivity index (χ1) is 17.3. The van der Waals surface area contributed by atoms with Gasteiger partial charge in [0.15, 0.2) is 5.82 Å². The number of carbonyl (C=O) groups excluding carboxylic acids is 1. The molecule has 0 bridgehead atoms. The number of piperidine rings is 1. The lowest BCUT2D eigenvalue weighted by molar-refractivity contribution is -0.120. The van der Waals surface area contributed by atoms with E-state index < -0.39 is 0 Å². The van der Waals surface area contributed by atoms with E-state index in [0.717, 1.165) is 65.4 Å². The molecule has 9 heteroatoms. The number of anilines is 2. The van der Waals surface area contributed by atoms with Gasteiger partial charge in [-0.25, -0.2) is 15.0 Å². The molecule has 0 atom stereocenters. The number of fused-ring (bicyclic) bond motifs is 1. The van der Waals surface area contributed by atoms with Crippen molar-refractivity contribution in [2.75, 3.05) is 30.4 Å². The van der Waals surface area contributed by atoms with Crippen LogP contribution in [0.5, 0.6) is 5.75 Å². The molecule has 1 saturated heterocycles. The minimum absolute atomic E-state index is 0.00719. The maximum absolute atomic E-state index is 13.2. The molecule has 9 nitrogen and oxygen atoms in total. The first-order valence-corrected chi connectivity index (χ1v) is 12.2. The average Bonchev–Trinajstić information content (AvgIpc) is 3.23. The summed E-state index contributed by atoms with van der Waals surface area (Å²) in [6.07, 6.45) is 1.47. The average molecular weight is 486 g/mol. The van der Waals surface area contributed by atoms with E-state index in [4.69, 9.17) is 9.72 Å². The highest BCUT2D eigenvalue weighted by Gasteiger charge is 2.27. The third-order valence-corrected chi connectivity index (χ3v) is 6.63. The zero-order valence-electron chi connectivity index (χ0n) is 21.4. The smallest absolute Gasteiger partial charge is 0.228 e. The van der Waals surface area contributed by atoms with Gasteiger partial charge in [0.2, 0.25) is 11.9 Å². The molecule has 1 N–H and O–H groups in total. The number of rotatable bonds is 5. The fourth-order valence-corrected chi connectivity index (χ4v) is 4.83. The third kappa shape index (κ3) is 4.60. The lowest BCUT2D eigenvalue weighted by Crippen LogP contribution is -2.39. The van der Waals surface area contributed by atoms with Crippen molar-refractivity contribution in [1.29, 1.82) is 0 Å². The number of pyridine rings is 1. The number of para-hydroxylation sites is 1. The monoisotopic (exact) mass is 485 g/mol. The summed E-state index contributed by atoms with van der Waals surface area (Å²) in [6, 6.07) is 11.7. The van der Waals surface area contributed by atoms with Gasteiger partial charge in [0, 0.05) is 41.8 Å². The molecule has 1 amide bonds. The van der Waals surface area contributed by atoms with Crippen LogP contribution in [0.4, 0.5) is 11.8 Å². The predicted octanol–water partition coefficient (Wildman–Crippen LogP) is 4.31. The van der Waals surface area contributed by atoms with Gasteiger partial charge in [-0.15, -0.1) is 0 Å². The van der Waals surface area contributed by atoms with Gasteiger partial charge in [-0.3, -0.25) is 4.79 Å². The standard InChI is InChI=1S/C27H31N7O2/c1-16-13-23(30-25-21(16)7-6-8-22(25)36-5)34-24(15-19(4)32-34)31-26(35)20-9-11-33(12-10-20)27-28-17(2)14-18(3)29-27/h6-8,13-15,20H,9-12H2,1-5H3,(H,31,35). The van der Waals surface area contributed by atoms with Crippen molar-refractivity contribution in [3.05, 3.63) is 59.0 Å². The molecule has 0 unspecified atom stereocenters. The zero-order chi connectivity index (χ0) is 25.4. The van der Waals surface area contributed by atoms with Crippen LogP contribution in [-0.4, -0.2) is 50.8 Å². The molecule has 4 heterocycles. The molecule has 0 aliphatic carbocycles. The summed E-state index contributed by atoms with van der Waals surface area (Å²) in [5, 5.41) is 8.75. The molecule has 4 aromatic rings. The Balaban J connectivity index is 1.35. The van der Waals surface area contributed by atoms with Crippen LogP contribution in [0.15, 0.2) is 36.4 Å². The minimum atomic E-state index is -0.0952. The third-order valence-electron chi connectivity index (χ3n) is 6.63. The van der Waals surface area contributed by atoms with Crippen LogP contribution in [0.1, 0.15) is 35.5 Å². The number of ether oxygens (including phenoxy) is 1. The van der Waals surface area contributed by atoms with Gasteiger partial charge in [0.1, 0.15) is 17.1 Å². The van der Waals surface area contributed by atoms with Gasteiger partial charge < -0.3 is 15.0 Å². The van der Waals surface area contributed by atoms with Crippen molar-refractivity contribution in [2.24, 2.45) is 5.92 Å². The number of nitrogens with one attached hydrogen (secondary N) is 1. The molecule has 1 aromatic carbocycles. The molecule has 186 valence electrons. The molecular weight excluding hydrogens is 454 g/mol. The van der Waals surface area contributed by atoms with Crippen molar-refractivity contribution in [2.45, 2.75) is 40.5 Å². The van der Waals surface area contributed by atoms with Gasteiger partial charge in [0.05, 0.1) is 12.8 Å². The molecule has 36 heavy (non-hydrogen) atoms. The maximum Gasteiger partial charge on any atom is 0.228 e. The quantitative estimate of drug-likeness (QED) is 0.450. The number of benzene rings is 1. The van der Waals surface area contributed by atoms with Crippen LogP contribution >= 0.6 is 0 Å². The van der Waals surface area contributed by atoms with Crippen LogP contribution in [0.2, 0.25) is 0 Å². The van der Waals surface area contributed by atoms with E-state index in [1.54, 1.807) is 11.8 Å². The molecule has 1 aliphatic rings. The topological polar surface area (TPSA) is 98.1 Å². The number of hydrogen-bond acceptors (Lipinski definition) is 7. The lowest BCUT2D eigenvalue weighted by atomic mass is 9.96. The normalized spacial score (nSPS) is 14.3. The van der Waals surface area contributed by atoms with Crippen LogP contribution in [0, 0.1) is 33.6 Å². The Hall–Kier alpha value is -4.01. The summed E-state index contributed by atoms with van der Waals surface area (Å²) in [5.41, 5.74) is 4.53. The van der Waals surface area contributed by atoms with E-state index in [2.05, 4.69) is 25.3 Å². The van der Waals surface area contributed by atoms with Crippen LogP contribution in [-0.2, 0) is 4.79 Å². The highest BCUT2D eigenvalue weighted by molar-refractivity contribution is 5.92. The van der Waals surface area contributed by atoms with E-state index in [9.17, 15) is 4.79 Å². The van der Waals surface area contributed by atoms with E-state index in [0.29, 0.717) is 17.4 Å². The molecule has 1 fully saturated rings. The molecule has 0 radical (unpaired) electrons. The van der Waals surface area contributed by atoms with Gasteiger partial charge in [-0.05, 0) is 64.3 Å². The number of nitrogens with zero attached hydrogens (tertiary/aromatic N) is 6. The molecule has 5 rings (SSSR count). The van der Waals surface area contributed by atoms with E-state index >= 15 is 0 Å². The zero-order valence-corrected chi connectivity index (χ0v) is 21.4. The number of aromatic nitrogens is 5. The van der Waals surface area contributed by atoms with E-state index in [1.165, 1.54) is 0 Å². The van der Waals surface area contributed by atoms with Crippen molar-refractivity contribution >= 4 is 28.6 Å². The number of amides is 1. The molecule has 0 spiro atoms. The highest BCUT2D eigenvalue weighted by atomic mass is 16.5. The van der Waals surface area contributed by atoms with Gasteiger partial charge in [-0.1, -0.05) is 12.1 Å². The summed E-state index contributed by atoms with van der Waals surface area (Å²) >= 11 is 0. The Morgan fingerprint density at radius 3 is 2.39 bits per heavy atom. The fraction of sp³-hybridized carbons (Fsp3) is 0.370. The second-order valence-electron chi connectivity index (χ2n) is 9.44. The second kappa shape index (κ2) is 9.56. The number of hydrogen-bond donors (Lipinski definition) is 1. The Morgan fingerprint density at radius 1 is 0.972 bits per heavy atom. The second-order valence-corrected chi connectivity index (χ2v) is 9.44. The Morgan fingerprint density at radius 2 is 1.69 bits per heavy atom. The molecule has 0 saturated carbocycles. The minimum Gasteiger partial charge on any atom is -0.494 e. The van der Waals surface area contributed by atoms with Crippen LogP contribution < -0.4 is 15.0 Å². The summed E-state index contributed by atoms with van der Waals surface area (Å²) in [5.74, 6) is 2.59. The van der Waals surface area contributed by atoms with Crippen molar-refractivity contribution in [1.82, 2.24) is 24.7 Å². The Kier molecular flexibility index (Phi) is 6.30. The SMILES string of the molecule is COc1cccc2c(C)cc(-n3nc(C)cc3NC(=O)C3CCN(c4nc(C)cc(C)n4)CC3)nc12. The maximum atomic E-state index is 13.2. The van der Waals surface area contributed by atoms with Gasteiger partial charge in [-0.2, -0.15) is 9.78 Å². The fourth-order valence-electron chi connectivity index (χ4n) is 4.83. The first-order valence-electron chi connectivity index (χ1n) is 12.2. The van der Waals surface area contributed by atoms with Crippen molar-refractivity contribution in [3.63, 3.8) is 0 Å². The van der Waals surface area contributed by atoms with Gasteiger partial charge in [0.25, 0.3) is 0 Å². The summed E-state index contributed by atoms with van der Waals surface area (Å²) in [4.78, 5) is 29.4. The largest absolute Gasteiger partial charge is 0.494 e. The van der Waals surface area contributed by atoms with Crippen molar-refractivity contribution in [3.8, 4) is 11.6 Å². The number of aryl methyl sites for hydroxylation is 4. The van der Waals surface area contributed by atoms with E-state index in [1.807, 2.05) is 64.1 Å². The number of carbonyl (C=O) groups is 1. The van der Waals surface area contributed by atoms with Crippen LogP contribution in [0.3, 0.4) is 0 Å². The number of methoxy groups -OCH3 is 1. The highest BCUT2D eigenvalue weighted by Crippen LogP contribution is 2.29. The van der Waals surface area contributed by atoms with Crippen LogP contribution in [0.25, 0.3) is 16.7 Å². The molecule has 1 aliphatic heterocycles. The van der Waals surface area contributed by atoms with Crippen molar-refractivity contribution < 1.29 is 9.53 Å². The first kappa shape index (κ1) is 23.7. The Bertz CT molecular complexity index is 1420. The molecular formula is C27H31N7O2. The van der Waals surface area contributed by atoms with E-state index in [-0.39, 0.29) is 11.8 Å². The predicted molar refractivity (Wildman–Crippen MR) is 140 cm³/mol. The summed E-state index contributed by atoms with van der Waals surface area (Å²) < 4.78 is 7.23. The Labute approximate surface area is 210 Å². The summed E-state index contributed by atoms with van der Waals surface area (Å²) in [6.45, 7) is 9.38. The summed E-state index contributed by atoms with van der Waals surface area (Å²) in [7, 11) is 1.64. The van der Waals surface area contributed by atoms with Gasteiger partial charge >= 0.3 is 0 Å². The molecule has 3 aromatic heterocycles. The lowest BCUT2D eigenvalue weighted by Gasteiger charge is -2.31.